The molecule has 1 aliphatic heterocycles. The summed E-state index contributed by atoms with van der Waals surface area (Å²) < 4.78 is 1.68. The van der Waals surface area contributed by atoms with Crippen molar-refractivity contribution in [2.24, 2.45) is 0 Å². The van der Waals surface area contributed by atoms with Gasteiger partial charge in [0.2, 0.25) is 0 Å². The topological polar surface area (TPSA) is 72.3 Å². The van der Waals surface area contributed by atoms with Crippen LogP contribution in [0.1, 0.15) is 44.8 Å². The van der Waals surface area contributed by atoms with E-state index in [1.807, 2.05) is 26.0 Å². The lowest BCUT2D eigenvalue weighted by Crippen LogP contribution is -2.31. The number of fused-ring (bicyclic) bond motifs is 2. The van der Waals surface area contributed by atoms with E-state index >= 15 is 0 Å². The van der Waals surface area contributed by atoms with Gasteiger partial charge in [-0.1, -0.05) is 12.1 Å². The monoisotopic (exact) mass is 375 g/mol. The molecule has 28 heavy (non-hydrogen) atoms. The number of amides is 2. The Hall–Kier alpha value is -3.28. The fraction of sp³-hybridized carbons (Fsp3) is 0.273. The fourth-order valence-electron chi connectivity index (χ4n) is 3.79. The summed E-state index contributed by atoms with van der Waals surface area (Å²) in [6.45, 7) is 4.76. The molecule has 3 heterocycles. The summed E-state index contributed by atoms with van der Waals surface area (Å²) in [5, 5.41) is 0.963. The van der Waals surface area contributed by atoms with Gasteiger partial charge in [0, 0.05) is 30.2 Å². The van der Waals surface area contributed by atoms with Gasteiger partial charge in [0.15, 0.2) is 0 Å². The molecule has 2 amide bonds. The van der Waals surface area contributed by atoms with Crippen molar-refractivity contribution in [1.82, 2.24) is 14.5 Å². The Morgan fingerprint density at radius 3 is 2.18 bits per heavy atom. The van der Waals surface area contributed by atoms with Crippen LogP contribution in [0, 0.1) is 13.8 Å². The largest absolute Gasteiger partial charge is 0.293 e. The van der Waals surface area contributed by atoms with Gasteiger partial charge in [-0.05, 0) is 56.5 Å². The second-order valence-electron chi connectivity index (χ2n) is 7.16. The third-order valence-corrected chi connectivity index (χ3v) is 5.18. The van der Waals surface area contributed by atoms with Crippen LogP contribution in [0.15, 0.2) is 47.3 Å². The van der Waals surface area contributed by atoms with E-state index in [-0.39, 0.29) is 17.4 Å². The number of unbranched alkanes of at least 4 members (excludes halogenated alkanes) is 1. The summed E-state index contributed by atoms with van der Waals surface area (Å²) in [6, 6.07) is 12.3. The molecule has 1 aromatic carbocycles. The lowest BCUT2D eigenvalue weighted by molar-refractivity contribution is 0.0651. The minimum atomic E-state index is -0.240. The highest BCUT2D eigenvalue weighted by molar-refractivity contribution is 6.21. The van der Waals surface area contributed by atoms with E-state index in [1.165, 1.54) is 4.90 Å². The van der Waals surface area contributed by atoms with Crippen LogP contribution in [-0.4, -0.2) is 32.8 Å². The van der Waals surface area contributed by atoms with Gasteiger partial charge in [-0.2, -0.15) is 0 Å². The molecule has 0 atom stereocenters. The summed E-state index contributed by atoms with van der Waals surface area (Å²) in [4.78, 5) is 43.0. The Bertz CT molecular complexity index is 1130. The number of nitrogens with zero attached hydrogens (tertiary/aromatic N) is 3. The lowest BCUT2D eigenvalue weighted by atomic mass is 10.1. The first-order chi connectivity index (χ1) is 13.5. The third kappa shape index (κ3) is 3.01. The standard InChI is InChI=1S/C22H21N3O3/c1-14-13-15(2)23-20-16(14)9-10-19(26)24(20)11-5-6-12-25-21(27)17-7-3-4-8-18(17)22(25)28/h3-4,7-10,13H,5-6,11-12H2,1-2H3. The summed E-state index contributed by atoms with van der Waals surface area (Å²) in [6.07, 6.45) is 1.29. The van der Waals surface area contributed by atoms with Gasteiger partial charge >= 0.3 is 0 Å². The molecule has 4 rings (SSSR count). The van der Waals surface area contributed by atoms with E-state index in [9.17, 15) is 14.4 Å². The molecule has 0 aliphatic carbocycles. The maximum absolute atomic E-state index is 12.4. The van der Waals surface area contributed by atoms with Crippen molar-refractivity contribution < 1.29 is 9.59 Å². The van der Waals surface area contributed by atoms with Crippen molar-refractivity contribution >= 4 is 22.8 Å². The Morgan fingerprint density at radius 2 is 1.50 bits per heavy atom. The molecule has 0 saturated heterocycles. The van der Waals surface area contributed by atoms with Crippen LogP contribution in [-0.2, 0) is 6.54 Å². The Labute approximate surface area is 162 Å². The lowest BCUT2D eigenvalue weighted by Gasteiger charge is -2.15. The van der Waals surface area contributed by atoms with Crippen molar-refractivity contribution in [2.45, 2.75) is 33.2 Å². The molecule has 3 aromatic rings. The minimum Gasteiger partial charge on any atom is -0.293 e. The van der Waals surface area contributed by atoms with Crippen LogP contribution >= 0.6 is 0 Å². The molecule has 1 aliphatic rings. The first-order valence-electron chi connectivity index (χ1n) is 9.40. The van der Waals surface area contributed by atoms with Crippen molar-refractivity contribution in [2.75, 3.05) is 6.54 Å². The van der Waals surface area contributed by atoms with Gasteiger partial charge in [0.1, 0.15) is 5.65 Å². The zero-order chi connectivity index (χ0) is 19.8. The zero-order valence-corrected chi connectivity index (χ0v) is 15.9. The molecule has 0 spiro atoms. The van der Waals surface area contributed by atoms with Crippen LogP contribution in [0.3, 0.4) is 0 Å². The molecule has 2 aromatic heterocycles. The van der Waals surface area contributed by atoms with Gasteiger partial charge in [0.05, 0.1) is 11.1 Å². The quantitative estimate of drug-likeness (QED) is 0.507. The van der Waals surface area contributed by atoms with E-state index < -0.39 is 0 Å². The Morgan fingerprint density at radius 1 is 0.857 bits per heavy atom. The number of pyridine rings is 2. The Kier molecular flexibility index (Phi) is 4.55. The molecule has 6 nitrogen and oxygen atoms in total. The highest BCUT2D eigenvalue weighted by Crippen LogP contribution is 2.23. The average molecular weight is 375 g/mol. The van der Waals surface area contributed by atoms with Gasteiger partial charge in [-0.25, -0.2) is 4.98 Å². The maximum atomic E-state index is 12.4. The van der Waals surface area contributed by atoms with E-state index in [0.717, 1.165) is 16.6 Å². The minimum absolute atomic E-state index is 0.0919. The van der Waals surface area contributed by atoms with Crippen LogP contribution in [0.25, 0.3) is 11.0 Å². The molecule has 0 fully saturated rings. The number of carbonyl (C=O) groups is 2. The number of benzene rings is 1. The number of hydrogen-bond donors (Lipinski definition) is 0. The molecule has 0 saturated carbocycles. The highest BCUT2D eigenvalue weighted by atomic mass is 16.2. The summed E-state index contributed by atoms with van der Waals surface area (Å²) in [7, 11) is 0. The third-order valence-electron chi connectivity index (χ3n) is 5.18. The van der Waals surface area contributed by atoms with Crippen LogP contribution in [0.4, 0.5) is 0 Å². The van der Waals surface area contributed by atoms with E-state index in [4.69, 9.17) is 0 Å². The van der Waals surface area contributed by atoms with Crippen LogP contribution in [0.5, 0.6) is 0 Å². The summed E-state index contributed by atoms with van der Waals surface area (Å²) >= 11 is 0. The van der Waals surface area contributed by atoms with Crippen molar-refractivity contribution in [3.05, 3.63) is 75.2 Å². The smallest absolute Gasteiger partial charge is 0.261 e. The fourth-order valence-corrected chi connectivity index (χ4v) is 3.79. The predicted molar refractivity (Wildman–Crippen MR) is 107 cm³/mol. The zero-order valence-electron chi connectivity index (χ0n) is 15.9. The average Bonchev–Trinajstić information content (AvgIpc) is 2.91. The Balaban J connectivity index is 1.47. The number of imide groups is 1. The van der Waals surface area contributed by atoms with Gasteiger partial charge in [0.25, 0.3) is 17.4 Å². The molecule has 0 N–H and O–H groups in total. The second kappa shape index (κ2) is 7.03. The summed E-state index contributed by atoms with van der Waals surface area (Å²) in [5.41, 5.74) is 3.48. The second-order valence-corrected chi connectivity index (χ2v) is 7.16. The SMILES string of the molecule is Cc1cc(C)c2ccc(=O)n(CCCCN3C(=O)c4ccccc4C3=O)c2n1. The van der Waals surface area contributed by atoms with E-state index in [2.05, 4.69) is 4.98 Å². The first-order valence-corrected chi connectivity index (χ1v) is 9.40. The number of carbonyl (C=O) groups excluding carboxylic acids is 2. The number of aromatic nitrogens is 2. The summed E-state index contributed by atoms with van der Waals surface area (Å²) in [5.74, 6) is -0.480. The first kappa shape index (κ1) is 18.1. The van der Waals surface area contributed by atoms with Crippen LogP contribution in [0.2, 0.25) is 0 Å². The van der Waals surface area contributed by atoms with Crippen molar-refractivity contribution in [3.8, 4) is 0 Å². The highest BCUT2D eigenvalue weighted by Gasteiger charge is 2.34. The van der Waals surface area contributed by atoms with Gasteiger partial charge in [-0.3, -0.25) is 23.9 Å². The molecule has 6 heteroatoms. The molecule has 0 radical (unpaired) electrons. The van der Waals surface area contributed by atoms with Crippen molar-refractivity contribution in [1.29, 1.82) is 0 Å². The van der Waals surface area contributed by atoms with Gasteiger partial charge < -0.3 is 0 Å². The normalized spacial score (nSPS) is 13.4. The molecule has 0 bridgehead atoms. The molecular weight excluding hydrogens is 354 g/mol. The molecule has 142 valence electrons. The van der Waals surface area contributed by atoms with Crippen LogP contribution < -0.4 is 5.56 Å². The molecule has 0 unspecified atom stereocenters. The number of rotatable bonds is 5. The van der Waals surface area contributed by atoms with Crippen molar-refractivity contribution in [3.63, 3.8) is 0 Å². The predicted octanol–water partition coefficient (Wildman–Crippen LogP) is 3.09. The van der Waals surface area contributed by atoms with E-state index in [0.29, 0.717) is 42.7 Å². The maximum Gasteiger partial charge on any atom is 0.261 e. The number of aryl methyl sites for hydroxylation is 3. The van der Waals surface area contributed by atoms with Gasteiger partial charge in [-0.15, -0.1) is 0 Å². The number of hydrogen-bond acceptors (Lipinski definition) is 4. The molecular formula is C22H21N3O3. The van der Waals surface area contributed by atoms with E-state index in [1.54, 1.807) is 34.9 Å².